The number of imidazole rings is 1. The first kappa shape index (κ1) is 19.3. The van der Waals surface area contributed by atoms with Gasteiger partial charge in [0.2, 0.25) is 4.75 Å². The second-order valence-electron chi connectivity index (χ2n) is 5.93. The van der Waals surface area contributed by atoms with Gasteiger partial charge in [-0.15, -0.1) is 0 Å². The van der Waals surface area contributed by atoms with Crippen LogP contribution in [0.3, 0.4) is 0 Å². The Labute approximate surface area is 164 Å². The summed E-state index contributed by atoms with van der Waals surface area (Å²) in [5.41, 5.74) is 6.84. The van der Waals surface area contributed by atoms with E-state index in [1.807, 2.05) is 0 Å². The molecule has 0 radical (unpaired) electrons. The molecule has 0 fully saturated rings. The van der Waals surface area contributed by atoms with E-state index < -0.39 is 20.7 Å². The molecule has 0 bridgehead atoms. The third kappa shape index (κ3) is 3.18. The van der Waals surface area contributed by atoms with Crippen LogP contribution in [0.1, 0.15) is 12.5 Å². The molecule has 5 N–H and O–H groups in total. The number of fused-ring (bicyclic) bond motifs is 1. The Morgan fingerprint density at radius 3 is 2.48 bits per heavy atom. The minimum atomic E-state index is -4.47. The Balaban J connectivity index is 2.11. The van der Waals surface area contributed by atoms with Gasteiger partial charge in [0.25, 0.3) is 10.0 Å². The maximum atomic E-state index is 13.0. The molecule has 1 heterocycles. The SMILES string of the molecule is CC(C(=O)O)(c1ccc2[nH]cnc2c1)S(=O)(=O)Nc1cc(Cl)c(N)c(Cl)c1. The highest BCUT2D eigenvalue weighted by Gasteiger charge is 2.49. The smallest absolute Gasteiger partial charge is 0.331 e. The molecule has 0 amide bonds. The number of carboxylic acids is 1. The second-order valence-corrected chi connectivity index (χ2v) is 8.77. The number of nitrogen functional groups attached to an aromatic ring is 1. The number of benzene rings is 2. The largest absolute Gasteiger partial charge is 0.480 e. The van der Waals surface area contributed by atoms with Gasteiger partial charge in [-0.25, -0.2) is 13.4 Å². The van der Waals surface area contributed by atoms with Gasteiger partial charge in [-0.2, -0.15) is 0 Å². The number of rotatable bonds is 5. The van der Waals surface area contributed by atoms with Gasteiger partial charge in [0.05, 0.1) is 38.8 Å². The maximum Gasteiger partial charge on any atom is 0.331 e. The highest BCUT2D eigenvalue weighted by Crippen LogP contribution is 2.36. The third-order valence-electron chi connectivity index (χ3n) is 4.25. The molecular formula is C16H14Cl2N4O4S. The number of H-pyrrole nitrogens is 1. The van der Waals surface area contributed by atoms with E-state index in [0.29, 0.717) is 11.0 Å². The number of nitrogens with one attached hydrogen (secondary N) is 2. The zero-order chi connectivity index (χ0) is 20.0. The number of sulfonamides is 1. The fraction of sp³-hybridized carbons (Fsp3) is 0.125. The number of hydrogen-bond donors (Lipinski definition) is 4. The first-order valence-corrected chi connectivity index (χ1v) is 9.74. The lowest BCUT2D eigenvalue weighted by Gasteiger charge is -2.26. The molecule has 2 aromatic carbocycles. The van der Waals surface area contributed by atoms with Crippen LogP contribution in [0.4, 0.5) is 11.4 Å². The van der Waals surface area contributed by atoms with Gasteiger partial charge in [-0.05, 0) is 36.8 Å². The van der Waals surface area contributed by atoms with Gasteiger partial charge in [0, 0.05) is 0 Å². The molecule has 3 rings (SSSR count). The van der Waals surface area contributed by atoms with E-state index in [9.17, 15) is 18.3 Å². The molecule has 3 aromatic rings. The van der Waals surface area contributed by atoms with Crippen molar-refractivity contribution in [3.05, 3.63) is 52.3 Å². The van der Waals surface area contributed by atoms with Crippen molar-refractivity contribution in [2.24, 2.45) is 0 Å². The Morgan fingerprint density at radius 1 is 1.26 bits per heavy atom. The number of aromatic amines is 1. The molecule has 1 unspecified atom stereocenters. The number of aromatic nitrogens is 2. The Morgan fingerprint density at radius 2 is 1.89 bits per heavy atom. The van der Waals surface area contributed by atoms with E-state index in [1.165, 1.54) is 30.6 Å². The molecule has 0 aliphatic carbocycles. The number of nitrogens with zero attached hydrogens (tertiary/aromatic N) is 1. The summed E-state index contributed by atoms with van der Waals surface area (Å²) in [7, 11) is -4.47. The van der Waals surface area contributed by atoms with E-state index in [0.717, 1.165) is 6.92 Å². The number of nitrogens with two attached hydrogens (primary N) is 1. The van der Waals surface area contributed by atoms with E-state index in [-0.39, 0.29) is 27.0 Å². The quantitative estimate of drug-likeness (QED) is 0.460. The van der Waals surface area contributed by atoms with Crippen molar-refractivity contribution >= 4 is 61.6 Å². The number of halogens is 2. The second kappa shape index (κ2) is 6.59. The number of anilines is 2. The molecule has 0 saturated heterocycles. The average molecular weight is 429 g/mol. The lowest BCUT2D eigenvalue weighted by Crippen LogP contribution is -2.44. The van der Waals surface area contributed by atoms with Crippen LogP contribution < -0.4 is 10.5 Å². The molecule has 11 heteroatoms. The lowest BCUT2D eigenvalue weighted by molar-refractivity contribution is -0.139. The van der Waals surface area contributed by atoms with Crippen LogP contribution in [-0.2, 0) is 19.6 Å². The monoisotopic (exact) mass is 428 g/mol. The zero-order valence-corrected chi connectivity index (χ0v) is 16.2. The summed E-state index contributed by atoms with van der Waals surface area (Å²) in [6.07, 6.45) is 1.43. The van der Waals surface area contributed by atoms with Crippen LogP contribution in [0.2, 0.25) is 10.0 Å². The molecule has 0 spiro atoms. The van der Waals surface area contributed by atoms with Crippen molar-refractivity contribution in [3.63, 3.8) is 0 Å². The van der Waals surface area contributed by atoms with Crippen molar-refractivity contribution in [2.75, 3.05) is 10.5 Å². The normalized spacial score (nSPS) is 14.0. The molecule has 0 saturated carbocycles. The van der Waals surface area contributed by atoms with Gasteiger partial charge in [-0.1, -0.05) is 29.3 Å². The molecule has 1 aromatic heterocycles. The minimum absolute atomic E-state index is 0.00692. The molecule has 1 atom stereocenters. The Hall–Kier alpha value is -2.49. The first-order chi connectivity index (χ1) is 12.6. The predicted molar refractivity (Wildman–Crippen MR) is 104 cm³/mol. The third-order valence-corrected chi connectivity index (χ3v) is 6.86. The van der Waals surface area contributed by atoms with E-state index >= 15 is 0 Å². The van der Waals surface area contributed by atoms with Crippen LogP contribution in [-0.4, -0.2) is 29.5 Å². The highest BCUT2D eigenvalue weighted by molar-refractivity contribution is 7.94. The van der Waals surface area contributed by atoms with Crippen LogP contribution in [0.5, 0.6) is 0 Å². The molecule has 0 aliphatic rings. The summed E-state index contributed by atoms with van der Waals surface area (Å²) in [4.78, 5) is 18.9. The zero-order valence-electron chi connectivity index (χ0n) is 13.8. The average Bonchev–Trinajstić information content (AvgIpc) is 3.05. The summed E-state index contributed by atoms with van der Waals surface area (Å²) < 4.78 is 25.9. The van der Waals surface area contributed by atoms with Crippen LogP contribution >= 0.6 is 23.2 Å². The maximum absolute atomic E-state index is 13.0. The lowest BCUT2D eigenvalue weighted by atomic mass is 10.00. The summed E-state index contributed by atoms with van der Waals surface area (Å²) in [5, 5.41) is 9.83. The highest BCUT2D eigenvalue weighted by atomic mass is 35.5. The van der Waals surface area contributed by atoms with E-state index in [1.54, 1.807) is 6.07 Å². The van der Waals surface area contributed by atoms with E-state index in [4.69, 9.17) is 28.9 Å². The molecule has 142 valence electrons. The number of carbonyl (C=O) groups is 1. The fourth-order valence-corrected chi connectivity index (χ4v) is 4.31. The van der Waals surface area contributed by atoms with Crippen molar-refractivity contribution in [1.29, 1.82) is 0 Å². The van der Waals surface area contributed by atoms with Gasteiger partial charge in [-0.3, -0.25) is 9.52 Å². The van der Waals surface area contributed by atoms with Crippen molar-refractivity contribution in [3.8, 4) is 0 Å². The van der Waals surface area contributed by atoms with Crippen molar-refractivity contribution in [2.45, 2.75) is 11.7 Å². The molecule has 27 heavy (non-hydrogen) atoms. The van der Waals surface area contributed by atoms with Gasteiger partial charge < -0.3 is 15.8 Å². The minimum Gasteiger partial charge on any atom is -0.480 e. The Bertz CT molecular complexity index is 1140. The summed E-state index contributed by atoms with van der Waals surface area (Å²) in [6.45, 7) is 1.09. The van der Waals surface area contributed by atoms with Crippen molar-refractivity contribution in [1.82, 2.24) is 9.97 Å². The molecule has 0 aliphatic heterocycles. The van der Waals surface area contributed by atoms with Crippen molar-refractivity contribution < 1.29 is 18.3 Å². The summed E-state index contributed by atoms with van der Waals surface area (Å²) in [6, 6.07) is 6.88. The fourth-order valence-electron chi connectivity index (χ4n) is 2.52. The summed E-state index contributed by atoms with van der Waals surface area (Å²) >= 11 is 11.8. The van der Waals surface area contributed by atoms with E-state index in [2.05, 4.69) is 14.7 Å². The predicted octanol–water partition coefficient (Wildman–Crippen LogP) is 3.19. The van der Waals surface area contributed by atoms with Crippen LogP contribution in [0.25, 0.3) is 11.0 Å². The first-order valence-electron chi connectivity index (χ1n) is 7.50. The van der Waals surface area contributed by atoms with Gasteiger partial charge >= 0.3 is 5.97 Å². The Kier molecular flexibility index (Phi) is 4.71. The molecular weight excluding hydrogens is 415 g/mol. The summed E-state index contributed by atoms with van der Waals surface area (Å²) in [5.74, 6) is -1.56. The number of carboxylic acid groups (broad SMARTS) is 1. The number of hydrogen-bond acceptors (Lipinski definition) is 5. The number of aliphatic carboxylic acids is 1. The standard InChI is InChI=1S/C16H14Cl2N4O4S/c1-16(15(23)24,8-2-3-12-13(4-8)21-7-20-12)27(25,26)22-9-5-10(17)14(19)11(18)6-9/h2-7,22H,19H2,1H3,(H,20,21)(H,23,24). The molecule has 8 nitrogen and oxygen atoms in total. The van der Waals surface area contributed by atoms with Crippen LogP contribution in [0, 0.1) is 0 Å². The van der Waals surface area contributed by atoms with Gasteiger partial charge in [0.1, 0.15) is 0 Å². The van der Waals surface area contributed by atoms with Gasteiger partial charge in [0.15, 0.2) is 0 Å². The van der Waals surface area contributed by atoms with Crippen LogP contribution in [0.15, 0.2) is 36.7 Å². The topological polar surface area (TPSA) is 138 Å².